The number of rotatable bonds is 11. The third-order valence-electron chi connectivity index (χ3n) is 4.76. The zero-order valence-electron chi connectivity index (χ0n) is 19.3. The first-order chi connectivity index (χ1) is 16.3. The van der Waals surface area contributed by atoms with Gasteiger partial charge in [0.05, 0.1) is 20.8 Å². The van der Waals surface area contributed by atoms with Crippen molar-refractivity contribution in [1.29, 1.82) is 0 Å². The normalized spacial score (nSPS) is 12.0. The zero-order valence-corrected chi connectivity index (χ0v) is 19.3. The predicted octanol–water partition coefficient (Wildman–Crippen LogP) is 4.57. The summed E-state index contributed by atoms with van der Waals surface area (Å²) in [6.45, 7) is 1.89. The molecule has 0 aliphatic heterocycles. The van der Waals surface area contributed by atoms with Gasteiger partial charge < -0.3 is 29.5 Å². The van der Waals surface area contributed by atoms with E-state index in [9.17, 15) is 24.9 Å². The first-order valence-electron chi connectivity index (χ1n) is 10.5. The van der Waals surface area contributed by atoms with Crippen LogP contribution < -0.4 is 9.47 Å². The summed E-state index contributed by atoms with van der Waals surface area (Å²) in [5.74, 6) is -0.842. The minimum atomic E-state index is -0.498. The molecule has 0 atom stereocenters. The number of aliphatic hydroxyl groups excluding tert-OH is 1. The van der Waals surface area contributed by atoms with Crippen LogP contribution in [0.15, 0.2) is 59.9 Å². The Hall–Kier alpha value is -4.20. The van der Waals surface area contributed by atoms with Crippen molar-refractivity contribution < 1.29 is 39.1 Å². The van der Waals surface area contributed by atoms with Crippen molar-refractivity contribution in [2.75, 3.05) is 20.8 Å². The largest absolute Gasteiger partial charge is 0.508 e. The van der Waals surface area contributed by atoms with Gasteiger partial charge in [0.1, 0.15) is 5.76 Å². The molecule has 0 unspecified atom stereocenters. The lowest BCUT2D eigenvalue weighted by atomic mass is 10.0. The highest BCUT2D eigenvalue weighted by Crippen LogP contribution is 2.28. The van der Waals surface area contributed by atoms with E-state index < -0.39 is 11.8 Å². The Morgan fingerprint density at radius 1 is 0.853 bits per heavy atom. The van der Waals surface area contributed by atoms with E-state index in [4.69, 9.17) is 14.2 Å². The highest BCUT2D eigenvalue weighted by Gasteiger charge is 2.15. The minimum Gasteiger partial charge on any atom is -0.508 e. The van der Waals surface area contributed by atoms with Gasteiger partial charge in [-0.1, -0.05) is 24.3 Å². The Balaban J connectivity index is 2.32. The van der Waals surface area contributed by atoms with Crippen molar-refractivity contribution in [3.8, 4) is 23.0 Å². The van der Waals surface area contributed by atoms with Gasteiger partial charge in [-0.25, -0.2) is 0 Å². The number of aliphatic hydroxyl groups is 1. The summed E-state index contributed by atoms with van der Waals surface area (Å²) in [6, 6.07) is 9.21. The van der Waals surface area contributed by atoms with Gasteiger partial charge in [-0.05, 0) is 60.9 Å². The van der Waals surface area contributed by atoms with Crippen molar-refractivity contribution >= 4 is 23.9 Å². The molecular formula is C26H28O8. The number of benzene rings is 2. The van der Waals surface area contributed by atoms with E-state index in [-0.39, 0.29) is 53.8 Å². The van der Waals surface area contributed by atoms with Gasteiger partial charge >= 0.3 is 5.97 Å². The van der Waals surface area contributed by atoms with E-state index in [2.05, 4.69) is 0 Å². The van der Waals surface area contributed by atoms with Crippen molar-refractivity contribution in [2.45, 2.75) is 19.8 Å². The van der Waals surface area contributed by atoms with Crippen molar-refractivity contribution in [1.82, 2.24) is 0 Å². The minimum absolute atomic E-state index is 0.0250. The first kappa shape index (κ1) is 26.1. The lowest BCUT2D eigenvalue weighted by Gasteiger charge is -2.07. The van der Waals surface area contributed by atoms with Crippen LogP contribution in [0.2, 0.25) is 0 Å². The molecular weight excluding hydrogens is 440 g/mol. The molecule has 8 heteroatoms. The van der Waals surface area contributed by atoms with Gasteiger partial charge in [0.15, 0.2) is 28.8 Å². The van der Waals surface area contributed by atoms with Crippen molar-refractivity contribution in [2.24, 2.45) is 0 Å². The Morgan fingerprint density at radius 2 is 1.38 bits per heavy atom. The molecule has 0 saturated carbocycles. The second-order valence-corrected chi connectivity index (χ2v) is 7.06. The number of ether oxygens (including phenoxy) is 3. The number of esters is 1. The number of carbonyl (C=O) groups is 2. The molecule has 0 aromatic heterocycles. The van der Waals surface area contributed by atoms with E-state index in [0.29, 0.717) is 11.1 Å². The quantitative estimate of drug-likeness (QED) is 0.190. The van der Waals surface area contributed by atoms with Gasteiger partial charge in [0, 0.05) is 12.0 Å². The number of hydrogen-bond acceptors (Lipinski definition) is 8. The Morgan fingerprint density at radius 3 is 1.88 bits per heavy atom. The van der Waals surface area contributed by atoms with E-state index in [1.54, 1.807) is 37.3 Å². The average molecular weight is 469 g/mol. The number of methoxy groups -OCH3 is 2. The smallest absolute Gasteiger partial charge is 0.306 e. The Kier molecular flexibility index (Phi) is 9.76. The second-order valence-electron chi connectivity index (χ2n) is 7.06. The third-order valence-corrected chi connectivity index (χ3v) is 4.76. The fourth-order valence-electron chi connectivity index (χ4n) is 2.98. The van der Waals surface area contributed by atoms with Crippen LogP contribution >= 0.6 is 0 Å². The predicted molar refractivity (Wildman–Crippen MR) is 128 cm³/mol. The monoisotopic (exact) mass is 468 g/mol. The third kappa shape index (κ3) is 7.44. The Bertz CT molecular complexity index is 1110. The topological polar surface area (TPSA) is 123 Å². The summed E-state index contributed by atoms with van der Waals surface area (Å²) >= 11 is 0. The maximum absolute atomic E-state index is 12.9. The Labute approximate surface area is 198 Å². The maximum atomic E-state index is 12.9. The molecule has 0 heterocycles. The fourth-order valence-corrected chi connectivity index (χ4v) is 2.98. The summed E-state index contributed by atoms with van der Waals surface area (Å²) < 4.78 is 15.0. The second kappa shape index (κ2) is 12.7. The van der Waals surface area contributed by atoms with Gasteiger partial charge in [-0.2, -0.15) is 0 Å². The van der Waals surface area contributed by atoms with Gasteiger partial charge in [0.25, 0.3) is 0 Å². The zero-order chi connectivity index (χ0) is 25.1. The molecule has 0 aliphatic rings. The molecule has 180 valence electrons. The molecule has 8 nitrogen and oxygen atoms in total. The number of phenols is 2. The number of ketones is 1. The lowest BCUT2D eigenvalue weighted by Crippen LogP contribution is -2.08. The van der Waals surface area contributed by atoms with Gasteiger partial charge in [0.2, 0.25) is 0 Å². The van der Waals surface area contributed by atoms with Gasteiger partial charge in [-0.15, -0.1) is 0 Å². The van der Waals surface area contributed by atoms with E-state index in [1.165, 1.54) is 44.6 Å². The highest BCUT2D eigenvalue weighted by atomic mass is 16.5. The molecule has 0 aliphatic carbocycles. The molecule has 2 aromatic carbocycles. The molecule has 0 radical (unpaired) electrons. The number of hydrogen-bond donors (Lipinski definition) is 3. The highest BCUT2D eigenvalue weighted by molar-refractivity contribution is 6.07. The number of allylic oxidation sites excluding steroid dienone is 3. The first-order valence-corrected chi connectivity index (χ1v) is 10.5. The van der Waals surface area contributed by atoms with Crippen LogP contribution in [0.5, 0.6) is 23.0 Å². The molecule has 2 rings (SSSR count). The average Bonchev–Trinajstić information content (AvgIpc) is 2.83. The van der Waals surface area contributed by atoms with Crippen molar-refractivity contribution in [3.05, 3.63) is 71.0 Å². The lowest BCUT2D eigenvalue weighted by molar-refractivity contribution is -0.143. The number of phenolic OH excluding ortho intramolecular Hbond substituents is 2. The molecule has 0 spiro atoms. The van der Waals surface area contributed by atoms with E-state index in [0.717, 1.165) is 0 Å². The van der Waals surface area contributed by atoms with Crippen LogP contribution in [0.4, 0.5) is 0 Å². The number of aromatic hydroxyl groups is 2. The molecule has 0 saturated heterocycles. The van der Waals surface area contributed by atoms with Crippen LogP contribution in [0.3, 0.4) is 0 Å². The SMILES string of the molecule is CCOC(=O)CC/C(C(=O)/C=C/c1ccc(O)c(OC)c1)=C(O)/C=C/c1ccc(O)c(OC)c1. The maximum Gasteiger partial charge on any atom is 0.306 e. The molecule has 3 N–H and O–H groups in total. The summed E-state index contributed by atoms with van der Waals surface area (Å²) in [4.78, 5) is 24.7. The molecule has 0 fully saturated rings. The standard InChI is InChI=1S/C26H28O8/c1-4-34-26(31)14-9-19(20(27)10-5-17-7-12-22(29)24(15-17)32-2)21(28)11-6-18-8-13-23(30)25(16-18)33-3/h5-8,10-13,15-16,27,29-30H,4,9,14H2,1-3H3/b10-5+,11-6+,20-19+. The van der Waals surface area contributed by atoms with Crippen LogP contribution in [-0.4, -0.2) is 47.9 Å². The van der Waals surface area contributed by atoms with Gasteiger partial charge in [-0.3, -0.25) is 9.59 Å². The summed E-state index contributed by atoms with van der Waals surface area (Å²) in [7, 11) is 2.83. The number of carbonyl (C=O) groups excluding carboxylic acids is 2. The van der Waals surface area contributed by atoms with Crippen LogP contribution in [-0.2, 0) is 14.3 Å². The van der Waals surface area contributed by atoms with Crippen LogP contribution in [0.25, 0.3) is 12.2 Å². The summed E-state index contributed by atoms with van der Waals surface area (Å²) in [6.07, 6.45) is 5.54. The summed E-state index contributed by atoms with van der Waals surface area (Å²) in [5.41, 5.74) is 1.24. The molecule has 34 heavy (non-hydrogen) atoms. The molecule has 2 aromatic rings. The molecule has 0 bridgehead atoms. The fraction of sp³-hybridized carbons (Fsp3) is 0.231. The molecule has 0 amide bonds. The summed E-state index contributed by atoms with van der Waals surface area (Å²) in [5, 5.41) is 30.1. The van der Waals surface area contributed by atoms with E-state index >= 15 is 0 Å². The van der Waals surface area contributed by atoms with E-state index in [1.807, 2.05) is 0 Å². The van der Waals surface area contributed by atoms with Crippen molar-refractivity contribution in [3.63, 3.8) is 0 Å². The van der Waals surface area contributed by atoms with Crippen LogP contribution in [0.1, 0.15) is 30.9 Å². The van der Waals surface area contributed by atoms with Crippen LogP contribution in [0, 0.1) is 0 Å².